The number of fused-ring (bicyclic) bond motifs is 1. The number of urea groups is 1. The Morgan fingerprint density at radius 3 is 2.81 bits per heavy atom. The first kappa shape index (κ1) is 13.9. The third-order valence-electron chi connectivity index (χ3n) is 3.96. The van der Waals surface area contributed by atoms with E-state index < -0.39 is 18.2 Å². The van der Waals surface area contributed by atoms with Crippen molar-refractivity contribution in [3.63, 3.8) is 0 Å². The first-order chi connectivity index (χ1) is 10.1. The van der Waals surface area contributed by atoms with Crippen molar-refractivity contribution in [2.24, 2.45) is 4.99 Å². The Kier molecular flexibility index (Phi) is 3.54. The number of nitrogens with one attached hydrogen (secondary N) is 1. The molecule has 3 amide bonds. The number of hydrogen-bond acceptors (Lipinski definition) is 6. The van der Waals surface area contributed by atoms with Crippen LogP contribution < -0.4 is 5.32 Å². The Morgan fingerprint density at radius 2 is 2.14 bits per heavy atom. The van der Waals surface area contributed by atoms with Gasteiger partial charge < -0.3 is 19.4 Å². The number of morpholine rings is 1. The number of rotatable bonds is 2. The molecule has 2 fully saturated rings. The van der Waals surface area contributed by atoms with Crippen molar-refractivity contribution < 1.29 is 14.3 Å². The molecule has 0 aromatic heterocycles. The monoisotopic (exact) mass is 293 g/mol. The van der Waals surface area contributed by atoms with E-state index in [1.54, 1.807) is 13.1 Å². The standard InChI is InChI=1S/C13H19N5O3/c1-3-4-18-9-10(16(2)13(20)15-11(9)19)14-12(18)17-5-7-21-8-6-17/h3,9-10H,1,4-8H2,2H3,(H,15,19,20). The van der Waals surface area contributed by atoms with Crippen LogP contribution in [0.3, 0.4) is 0 Å². The summed E-state index contributed by atoms with van der Waals surface area (Å²) in [5.41, 5.74) is 0. The van der Waals surface area contributed by atoms with Crippen LogP contribution in [0.15, 0.2) is 17.6 Å². The van der Waals surface area contributed by atoms with E-state index in [4.69, 9.17) is 4.74 Å². The molecule has 2 unspecified atom stereocenters. The fourth-order valence-corrected chi connectivity index (χ4v) is 2.87. The number of hydrogen-bond donors (Lipinski definition) is 1. The second kappa shape index (κ2) is 5.36. The van der Waals surface area contributed by atoms with Crippen molar-refractivity contribution in [1.82, 2.24) is 20.0 Å². The molecule has 0 saturated carbocycles. The molecule has 3 aliphatic heterocycles. The predicted octanol–water partition coefficient (Wildman–Crippen LogP) is -0.947. The molecule has 21 heavy (non-hydrogen) atoms. The molecule has 0 aromatic rings. The van der Waals surface area contributed by atoms with Crippen LogP contribution in [0.4, 0.5) is 4.79 Å². The van der Waals surface area contributed by atoms with Gasteiger partial charge in [0.2, 0.25) is 0 Å². The lowest BCUT2D eigenvalue weighted by Crippen LogP contribution is -2.64. The predicted molar refractivity (Wildman–Crippen MR) is 75.6 cm³/mol. The van der Waals surface area contributed by atoms with Gasteiger partial charge >= 0.3 is 6.03 Å². The zero-order valence-electron chi connectivity index (χ0n) is 12.0. The van der Waals surface area contributed by atoms with Crippen molar-refractivity contribution in [2.45, 2.75) is 12.2 Å². The summed E-state index contributed by atoms with van der Waals surface area (Å²) in [5, 5.41) is 2.37. The van der Waals surface area contributed by atoms with Crippen molar-refractivity contribution in [3.8, 4) is 0 Å². The number of likely N-dealkylation sites (N-methyl/N-ethyl adjacent to an activating group) is 1. The van der Waals surface area contributed by atoms with Gasteiger partial charge in [0, 0.05) is 26.7 Å². The Morgan fingerprint density at radius 1 is 1.43 bits per heavy atom. The van der Waals surface area contributed by atoms with Gasteiger partial charge in [-0.25, -0.2) is 9.79 Å². The molecule has 0 spiro atoms. The zero-order valence-corrected chi connectivity index (χ0v) is 12.0. The molecule has 8 nitrogen and oxygen atoms in total. The minimum atomic E-state index is -0.497. The lowest BCUT2D eigenvalue weighted by Gasteiger charge is -2.38. The van der Waals surface area contributed by atoms with Gasteiger partial charge in [0.1, 0.15) is 0 Å². The molecule has 114 valence electrons. The van der Waals surface area contributed by atoms with Gasteiger partial charge in [0.15, 0.2) is 18.2 Å². The van der Waals surface area contributed by atoms with E-state index in [2.05, 4.69) is 21.8 Å². The van der Waals surface area contributed by atoms with Gasteiger partial charge in [-0.05, 0) is 0 Å². The molecule has 0 radical (unpaired) electrons. The summed E-state index contributed by atoms with van der Waals surface area (Å²) in [6, 6.07) is -0.907. The second-order valence-electron chi connectivity index (χ2n) is 5.23. The molecule has 8 heteroatoms. The van der Waals surface area contributed by atoms with Crippen LogP contribution in [-0.2, 0) is 9.53 Å². The Labute approximate surface area is 123 Å². The van der Waals surface area contributed by atoms with Crippen molar-refractivity contribution >= 4 is 17.9 Å². The zero-order chi connectivity index (χ0) is 15.0. The first-order valence-electron chi connectivity index (χ1n) is 6.99. The highest BCUT2D eigenvalue weighted by Crippen LogP contribution is 2.25. The van der Waals surface area contributed by atoms with Crippen LogP contribution in [0, 0.1) is 0 Å². The van der Waals surface area contributed by atoms with Gasteiger partial charge in [0.25, 0.3) is 5.91 Å². The van der Waals surface area contributed by atoms with E-state index in [1.807, 2.05) is 4.90 Å². The van der Waals surface area contributed by atoms with Gasteiger partial charge in [-0.2, -0.15) is 0 Å². The van der Waals surface area contributed by atoms with Crippen LogP contribution in [0.25, 0.3) is 0 Å². The highest BCUT2D eigenvalue weighted by molar-refractivity contribution is 6.03. The number of guanidine groups is 1. The summed E-state index contributed by atoms with van der Waals surface area (Å²) < 4.78 is 5.35. The molecule has 3 heterocycles. The number of ether oxygens (including phenoxy) is 1. The highest BCUT2D eigenvalue weighted by Gasteiger charge is 2.49. The van der Waals surface area contributed by atoms with Crippen LogP contribution in [0.2, 0.25) is 0 Å². The maximum absolute atomic E-state index is 12.2. The minimum Gasteiger partial charge on any atom is -0.378 e. The van der Waals surface area contributed by atoms with Crippen molar-refractivity contribution in [3.05, 3.63) is 12.7 Å². The molecule has 0 bridgehead atoms. The SMILES string of the molecule is C=CCN1C(N2CCOCC2)=NC2C1C(=O)NC(=O)N2C. The third kappa shape index (κ3) is 2.25. The summed E-state index contributed by atoms with van der Waals surface area (Å²) in [6.45, 7) is 6.98. The lowest BCUT2D eigenvalue weighted by atomic mass is 10.1. The van der Waals surface area contributed by atoms with Crippen LogP contribution in [-0.4, -0.2) is 84.7 Å². The van der Waals surface area contributed by atoms with E-state index in [9.17, 15) is 9.59 Å². The average molecular weight is 293 g/mol. The number of nitrogens with zero attached hydrogens (tertiary/aromatic N) is 4. The summed E-state index contributed by atoms with van der Waals surface area (Å²) in [7, 11) is 1.65. The fraction of sp³-hybridized carbons (Fsp3) is 0.615. The van der Waals surface area contributed by atoms with E-state index in [0.29, 0.717) is 19.8 Å². The maximum Gasteiger partial charge on any atom is 0.325 e. The molecule has 1 N–H and O–H groups in total. The van der Waals surface area contributed by atoms with Gasteiger partial charge in [-0.1, -0.05) is 6.08 Å². The van der Waals surface area contributed by atoms with E-state index in [-0.39, 0.29) is 5.91 Å². The normalized spacial score (nSPS) is 29.2. The van der Waals surface area contributed by atoms with Gasteiger partial charge in [-0.3, -0.25) is 10.1 Å². The number of carbonyl (C=O) groups is 2. The topological polar surface area (TPSA) is 77.5 Å². The molecule has 0 aromatic carbocycles. The largest absolute Gasteiger partial charge is 0.378 e. The van der Waals surface area contributed by atoms with Gasteiger partial charge in [-0.15, -0.1) is 6.58 Å². The Hall–Kier alpha value is -2.09. The molecular formula is C13H19N5O3. The summed E-state index contributed by atoms with van der Waals surface area (Å²) in [4.78, 5) is 34.0. The third-order valence-corrected chi connectivity index (χ3v) is 3.96. The maximum atomic E-state index is 12.2. The van der Waals surface area contributed by atoms with E-state index in [0.717, 1.165) is 19.0 Å². The second-order valence-corrected chi connectivity index (χ2v) is 5.23. The number of carbonyl (C=O) groups excluding carboxylic acids is 2. The quantitative estimate of drug-likeness (QED) is 0.664. The van der Waals surface area contributed by atoms with Crippen LogP contribution >= 0.6 is 0 Å². The summed E-state index contributed by atoms with van der Waals surface area (Å²) in [5.74, 6) is 0.432. The number of amides is 3. The first-order valence-corrected chi connectivity index (χ1v) is 6.99. The molecule has 3 rings (SSSR count). The Bertz CT molecular complexity index is 500. The Balaban J connectivity index is 1.91. The van der Waals surface area contributed by atoms with Crippen LogP contribution in [0.5, 0.6) is 0 Å². The van der Waals surface area contributed by atoms with Crippen molar-refractivity contribution in [2.75, 3.05) is 39.9 Å². The average Bonchev–Trinajstić information content (AvgIpc) is 2.86. The fourth-order valence-electron chi connectivity index (χ4n) is 2.87. The molecule has 2 saturated heterocycles. The molecule has 3 aliphatic rings. The minimum absolute atomic E-state index is 0.308. The number of imide groups is 1. The smallest absolute Gasteiger partial charge is 0.325 e. The lowest BCUT2D eigenvalue weighted by molar-refractivity contribution is -0.127. The van der Waals surface area contributed by atoms with E-state index >= 15 is 0 Å². The molecular weight excluding hydrogens is 274 g/mol. The van der Waals surface area contributed by atoms with Crippen molar-refractivity contribution in [1.29, 1.82) is 0 Å². The van der Waals surface area contributed by atoms with E-state index in [1.165, 1.54) is 4.90 Å². The molecule has 0 aliphatic carbocycles. The summed E-state index contributed by atoms with van der Waals surface area (Å²) >= 11 is 0. The summed E-state index contributed by atoms with van der Waals surface area (Å²) in [6.07, 6.45) is 1.26. The number of aliphatic imine (C=N–C) groups is 1. The highest BCUT2D eigenvalue weighted by atomic mass is 16.5. The molecule has 2 atom stereocenters. The van der Waals surface area contributed by atoms with Crippen LogP contribution in [0.1, 0.15) is 0 Å². The van der Waals surface area contributed by atoms with Gasteiger partial charge in [0.05, 0.1) is 13.2 Å².